The molecule has 18 heavy (non-hydrogen) atoms. The van der Waals surface area contributed by atoms with Crippen LogP contribution in [0.5, 0.6) is 0 Å². The van der Waals surface area contributed by atoms with Gasteiger partial charge in [-0.2, -0.15) is 0 Å². The van der Waals surface area contributed by atoms with Crippen LogP contribution < -0.4 is 0 Å². The number of amides is 1. The first-order valence-electron chi connectivity index (χ1n) is 5.77. The second kappa shape index (κ2) is 5.26. The summed E-state index contributed by atoms with van der Waals surface area (Å²) >= 11 is 0. The fourth-order valence-corrected chi connectivity index (χ4v) is 3.45. The zero-order chi connectivity index (χ0) is 14.0. The minimum atomic E-state index is -3.08. The molecule has 1 aliphatic carbocycles. The van der Waals surface area contributed by atoms with Crippen LogP contribution in [0.1, 0.15) is 25.7 Å². The number of carboxylic acid groups (broad SMARTS) is 1. The van der Waals surface area contributed by atoms with E-state index in [1.807, 2.05) is 0 Å². The van der Waals surface area contributed by atoms with Crippen molar-refractivity contribution in [3.05, 3.63) is 0 Å². The summed E-state index contributed by atoms with van der Waals surface area (Å²) in [7, 11) is -1.54. The van der Waals surface area contributed by atoms with Gasteiger partial charge in [0.25, 0.3) is 0 Å². The molecule has 1 aliphatic rings. The molecule has 7 heteroatoms. The molecule has 0 aromatic carbocycles. The number of sulfone groups is 1. The van der Waals surface area contributed by atoms with Crippen molar-refractivity contribution in [3.63, 3.8) is 0 Å². The zero-order valence-electron chi connectivity index (χ0n) is 10.7. The molecule has 0 aliphatic heterocycles. The predicted molar refractivity (Wildman–Crippen MR) is 65.9 cm³/mol. The Morgan fingerprint density at radius 2 is 1.89 bits per heavy atom. The normalized spacial score (nSPS) is 17.2. The van der Waals surface area contributed by atoms with E-state index >= 15 is 0 Å². The Kier molecular flexibility index (Phi) is 4.37. The van der Waals surface area contributed by atoms with Gasteiger partial charge in [-0.3, -0.25) is 9.59 Å². The first kappa shape index (κ1) is 14.9. The van der Waals surface area contributed by atoms with Crippen LogP contribution in [-0.2, 0) is 19.4 Å². The Hall–Kier alpha value is -1.11. The van der Waals surface area contributed by atoms with Crippen molar-refractivity contribution in [3.8, 4) is 0 Å². The summed E-state index contributed by atoms with van der Waals surface area (Å²) in [5, 5.41) is 8.52. The molecule has 0 heterocycles. The van der Waals surface area contributed by atoms with E-state index in [1.54, 1.807) is 7.05 Å². The van der Waals surface area contributed by atoms with Gasteiger partial charge in [0.15, 0.2) is 0 Å². The van der Waals surface area contributed by atoms with Gasteiger partial charge in [0, 0.05) is 26.3 Å². The lowest BCUT2D eigenvalue weighted by atomic mass is 10.0. The van der Waals surface area contributed by atoms with E-state index in [0.717, 1.165) is 12.8 Å². The zero-order valence-corrected chi connectivity index (χ0v) is 11.5. The standard InChI is InChI=1S/C11H19NO5S/c1-12(6-3-10(14)15)9(13)7-11(4-5-11)8-18(2,16)17/h3-8H2,1-2H3,(H,14,15). The first-order chi connectivity index (χ1) is 8.14. The maximum Gasteiger partial charge on any atom is 0.305 e. The van der Waals surface area contributed by atoms with Crippen LogP contribution in [0.4, 0.5) is 0 Å². The Morgan fingerprint density at radius 3 is 2.28 bits per heavy atom. The van der Waals surface area contributed by atoms with Crippen LogP contribution >= 0.6 is 0 Å². The van der Waals surface area contributed by atoms with Crippen LogP contribution in [-0.4, -0.2) is 55.9 Å². The number of carboxylic acids is 1. The third kappa shape index (κ3) is 5.03. The van der Waals surface area contributed by atoms with E-state index in [1.165, 1.54) is 11.2 Å². The molecule has 1 fully saturated rings. The second-order valence-corrected chi connectivity index (χ2v) is 7.35. The lowest BCUT2D eigenvalue weighted by Crippen LogP contribution is -2.32. The summed E-state index contributed by atoms with van der Waals surface area (Å²) in [6.07, 6.45) is 2.76. The van der Waals surface area contributed by atoms with E-state index in [2.05, 4.69) is 0 Å². The highest BCUT2D eigenvalue weighted by molar-refractivity contribution is 7.90. The highest BCUT2D eigenvalue weighted by Crippen LogP contribution is 2.50. The summed E-state index contributed by atoms with van der Waals surface area (Å²) in [6, 6.07) is 0. The maximum atomic E-state index is 11.8. The molecule has 0 bridgehead atoms. The Morgan fingerprint density at radius 1 is 1.33 bits per heavy atom. The number of hydrogen-bond donors (Lipinski definition) is 1. The van der Waals surface area contributed by atoms with E-state index in [9.17, 15) is 18.0 Å². The predicted octanol–water partition coefficient (Wildman–Crippen LogP) is 0.134. The lowest BCUT2D eigenvalue weighted by Gasteiger charge is -2.20. The van der Waals surface area contributed by atoms with Crippen LogP contribution in [0.2, 0.25) is 0 Å². The molecule has 0 spiro atoms. The molecule has 1 N–H and O–H groups in total. The minimum Gasteiger partial charge on any atom is -0.481 e. The van der Waals surface area contributed by atoms with Gasteiger partial charge in [-0.05, 0) is 18.3 Å². The molecule has 0 radical (unpaired) electrons. The molecule has 0 atom stereocenters. The fraction of sp³-hybridized carbons (Fsp3) is 0.818. The summed E-state index contributed by atoms with van der Waals surface area (Å²) in [5.41, 5.74) is -0.401. The third-order valence-corrected chi connectivity index (χ3v) is 4.28. The molecule has 6 nitrogen and oxygen atoms in total. The molecular weight excluding hydrogens is 258 g/mol. The van der Waals surface area contributed by atoms with Crippen LogP contribution in [0, 0.1) is 5.41 Å². The number of carbonyl (C=O) groups excluding carboxylic acids is 1. The molecule has 1 saturated carbocycles. The van der Waals surface area contributed by atoms with Gasteiger partial charge >= 0.3 is 5.97 Å². The second-order valence-electron chi connectivity index (χ2n) is 5.21. The molecule has 0 unspecified atom stereocenters. The van der Waals surface area contributed by atoms with Crippen molar-refractivity contribution in [2.24, 2.45) is 5.41 Å². The smallest absolute Gasteiger partial charge is 0.305 e. The average Bonchev–Trinajstić information content (AvgIpc) is 2.90. The highest BCUT2D eigenvalue weighted by atomic mass is 32.2. The quantitative estimate of drug-likeness (QED) is 0.714. The number of aliphatic carboxylic acids is 1. The highest BCUT2D eigenvalue weighted by Gasteiger charge is 2.47. The van der Waals surface area contributed by atoms with Gasteiger partial charge in [-0.15, -0.1) is 0 Å². The van der Waals surface area contributed by atoms with Crippen LogP contribution in [0.25, 0.3) is 0 Å². The molecule has 1 amide bonds. The SMILES string of the molecule is CN(CCC(=O)O)C(=O)CC1(CS(C)(=O)=O)CC1. The molecule has 0 aromatic rings. The van der Waals surface area contributed by atoms with Gasteiger partial charge in [0.2, 0.25) is 5.91 Å². The van der Waals surface area contributed by atoms with Crippen LogP contribution in [0.15, 0.2) is 0 Å². The van der Waals surface area contributed by atoms with E-state index in [0.29, 0.717) is 0 Å². The Bertz CT molecular complexity index is 438. The van der Waals surface area contributed by atoms with Crippen molar-refractivity contribution in [1.29, 1.82) is 0 Å². The Labute approximate surface area is 107 Å². The van der Waals surface area contributed by atoms with Gasteiger partial charge in [0.05, 0.1) is 12.2 Å². The maximum absolute atomic E-state index is 11.8. The van der Waals surface area contributed by atoms with Gasteiger partial charge in [-0.25, -0.2) is 8.42 Å². The number of nitrogens with zero attached hydrogens (tertiary/aromatic N) is 1. The largest absolute Gasteiger partial charge is 0.481 e. The van der Waals surface area contributed by atoms with E-state index < -0.39 is 21.2 Å². The average molecular weight is 277 g/mol. The first-order valence-corrected chi connectivity index (χ1v) is 7.83. The van der Waals surface area contributed by atoms with E-state index in [4.69, 9.17) is 5.11 Å². The summed E-state index contributed by atoms with van der Waals surface area (Å²) in [4.78, 5) is 23.6. The molecule has 0 saturated heterocycles. The van der Waals surface area contributed by atoms with Crippen LogP contribution in [0.3, 0.4) is 0 Å². The summed E-state index contributed by atoms with van der Waals surface area (Å²) < 4.78 is 22.5. The molecule has 1 rings (SSSR count). The number of hydrogen-bond acceptors (Lipinski definition) is 4. The third-order valence-electron chi connectivity index (χ3n) is 3.14. The summed E-state index contributed by atoms with van der Waals surface area (Å²) in [5.74, 6) is -1.09. The minimum absolute atomic E-state index is 0.0402. The fourth-order valence-electron chi connectivity index (χ4n) is 1.95. The van der Waals surface area contributed by atoms with Crippen molar-refractivity contribution in [2.75, 3.05) is 25.6 Å². The van der Waals surface area contributed by atoms with E-state index in [-0.39, 0.29) is 31.0 Å². The van der Waals surface area contributed by atoms with Crippen molar-refractivity contribution in [1.82, 2.24) is 4.90 Å². The van der Waals surface area contributed by atoms with Gasteiger partial charge in [0.1, 0.15) is 9.84 Å². The van der Waals surface area contributed by atoms with Crippen molar-refractivity contribution in [2.45, 2.75) is 25.7 Å². The topological polar surface area (TPSA) is 91.8 Å². The molecule has 0 aromatic heterocycles. The lowest BCUT2D eigenvalue weighted by molar-refractivity contribution is -0.138. The Balaban J connectivity index is 2.47. The van der Waals surface area contributed by atoms with Gasteiger partial charge in [-0.1, -0.05) is 0 Å². The number of rotatable bonds is 7. The molecular formula is C11H19NO5S. The van der Waals surface area contributed by atoms with Crippen molar-refractivity contribution >= 4 is 21.7 Å². The summed E-state index contributed by atoms with van der Waals surface area (Å²) in [6.45, 7) is 0.156. The monoisotopic (exact) mass is 277 g/mol. The van der Waals surface area contributed by atoms with Gasteiger partial charge < -0.3 is 10.0 Å². The molecule has 104 valence electrons. The van der Waals surface area contributed by atoms with Crippen molar-refractivity contribution < 1.29 is 23.1 Å². The number of carbonyl (C=O) groups is 2.